The van der Waals surface area contributed by atoms with Gasteiger partial charge in [-0.25, -0.2) is 0 Å². The van der Waals surface area contributed by atoms with Crippen LogP contribution in [-0.2, 0) is 4.74 Å². The Morgan fingerprint density at radius 3 is 2.80 bits per heavy atom. The molecule has 1 aliphatic heterocycles. The van der Waals surface area contributed by atoms with Crippen LogP contribution in [0.1, 0.15) is 6.92 Å². The fourth-order valence-corrected chi connectivity index (χ4v) is 1.04. The molecule has 0 aromatic heterocycles. The number of hydrogen-bond acceptors (Lipinski definition) is 2. The Morgan fingerprint density at radius 2 is 2.40 bits per heavy atom. The summed E-state index contributed by atoms with van der Waals surface area (Å²) in [5.74, 6) is 0.492. The van der Waals surface area contributed by atoms with Crippen molar-refractivity contribution in [3.05, 3.63) is 0 Å². The summed E-state index contributed by atoms with van der Waals surface area (Å²) in [4.78, 5) is 0. The van der Waals surface area contributed by atoms with E-state index in [1.54, 1.807) is 0 Å². The topological polar surface area (TPSA) is 71.1 Å². The quantitative estimate of drug-likeness (QED) is 0.342. The molecule has 1 saturated heterocycles. The fourth-order valence-electron chi connectivity index (χ4n) is 1.04. The molecule has 10 heavy (non-hydrogen) atoms. The van der Waals surface area contributed by atoms with E-state index in [2.05, 4.69) is 12.2 Å². The van der Waals surface area contributed by atoms with Gasteiger partial charge >= 0.3 is 0 Å². The molecule has 0 bridgehead atoms. The number of hydrogen-bond donors (Lipinski definition) is 3. The van der Waals surface area contributed by atoms with Gasteiger partial charge in [0.15, 0.2) is 5.96 Å². The van der Waals surface area contributed by atoms with Crippen LogP contribution in [0, 0.1) is 11.3 Å². The van der Waals surface area contributed by atoms with Crippen molar-refractivity contribution in [1.82, 2.24) is 5.32 Å². The van der Waals surface area contributed by atoms with Gasteiger partial charge in [-0.15, -0.1) is 0 Å². The Labute approximate surface area is 60.2 Å². The second kappa shape index (κ2) is 2.88. The molecule has 1 fully saturated rings. The van der Waals surface area contributed by atoms with E-state index in [4.69, 9.17) is 15.9 Å². The van der Waals surface area contributed by atoms with Gasteiger partial charge in [0, 0.05) is 5.92 Å². The molecule has 2 atom stereocenters. The van der Waals surface area contributed by atoms with Crippen LogP contribution in [0.5, 0.6) is 0 Å². The minimum absolute atomic E-state index is 0.0300. The zero-order valence-electron chi connectivity index (χ0n) is 6.05. The first-order chi connectivity index (χ1) is 4.70. The average molecular weight is 143 g/mol. The smallest absolute Gasteiger partial charge is 0.186 e. The van der Waals surface area contributed by atoms with Crippen LogP contribution < -0.4 is 11.1 Å². The maximum absolute atomic E-state index is 6.96. The Morgan fingerprint density at radius 1 is 1.70 bits per heavy atom. The second-order valence-corrected chi connectivity index (χ2v) is 2.68. The average Bonchev–Trinajstić information content (AvgIpc) is 2.15. The van der Waals surface area contributed by atoms with Gasteiger partial charge in [0.05, 0.1) is 19.3 Å². The lowest BCUT2D eigenvalue weighted by Crippen LogP contribution is -2.42. The van der Waals surface area contributed by atoms with Crippen molar-refractivity contribution in [3.8, 4) is 0 Å². The third-order valence-electron chi connectivity index (χ3n) is 1.71. The van der Waals surface area contributed by atoms with Gasteiger partial charge < -0.3 is 15.8 Å². The molecule has 0 saturated carbocycles. The molecule has 0 spiro atoms. The highest BCUT2D eigenvalue weighted by molar-refractivity contribution is 5.74. The zero-order valence-corrected chi connectivity index (χ0v) is 6.05. The molecule has 4 N–H and O–H groups in total. The van der Waals surface area contributed by atoms with E-state index in [0.717, 1.165) is 6.61 Å². The molecule has 0 aliphatic carbocycles. The maximum atomic E-state index is 6.96. The summed E-state index contributed by atoms with van der Waals surface area (Å²) in [5, 5.41) is 9.79. The fraction of sp³-hybridized carbons (Fsp3) is 0.833. The summed E-state index contributed by atoms with van der Waals surface area (Å²) < 4.78 is 5.16. The van der Waals surface area contributed by atoms with Crippen LogP contribution >= 0.6 is 0 Å². The Hall–Kier alpha value is -0.770. The summed E-state index contributed by atoms with van der Waals surface area (Å²) in [6, 6.07) is 0.234. The first-order valence-corrected chi connectivity index (χ1v) is 3.38. The van der Waals surface area contributed by atoms with Gasteiger partial charge in [-0.2, -0.15) is 0 Å². The molecule has 2 unspecified atom stereocenters. The van der Waals surface area contributed by atoms with Crippen molar-refractivity contribution < 1.29 is 4.74 Å². The molecule has 4 heteroatoms. The van der Waals surface area contributed by atoms with Crippen molar-refractivity contribution >= 4 is 5.96 Å². The third-order valence-corrected chi connectivity index (χ3v) is 1.71. The van der Waals surface area contributed by atoms with Gasteiger partial charge in [0.1, 0.15) is 0 Å². The van der Waals surface area contributed by atoms with E-state index < -0.39 is 0 Å². The van der Waals surface area contributed by atoms with Gasteiger partial charge in [-0.1, -0.05) is 6.92 Å². The highest BCUT2D eigenvalue weighted by Crippen LogP contribution is 2.11. The number of nitrogens with two attached hydrogens (primary N) is 1. The molecule has 0 radical (unpaired) electrons. The SMILES string of the molecule is CC1COCC1NC(=N)N. The highest BCUT2D eigenvalue weighted by Gasteiger charge is 2.23. The van der Waals surface area contributed by atoms with Gasteiger partial charge in [0.2, 0.25) is 0 Å². The number of rotatable bonds is 1. The molecule has 0 amide bonds. The lowest BCUT2D eigenvalue weighted by atomic mass is 10.1. The molecule has 4 nitrogen and oxygen atoms in total. The summed E-state index contributed by atoms with van der Waals surface area (Å²) >= 11 is 0. The van der Waals surface area contributed by atoms with Crippen molar-refractivity contribution in [2.75, 3.05) is 13.2 Å². The maximum Gasteiger partial charge on any atom is 0.186 e. The predicted molar refractivity (Wildman–Crippen MR) is 38.8 cm³/mol. The predicted octanol–water partition coefficient (Wildman–Crippen LogP) is -0.496. The monoisotopic (exact) mass is 143 g/mol. The van der Waals surface area contributed by atoms with E-state index in [1.807, 2.05) is 0 Å². The molecule has 0 aromatic rings. The highest BCUT2D eigenvalue weighted by atomic mass is 16.5. The minimum Gasteiger partial charge on any atom is -0.379 e. The summed E-state index contributed by atoms with van der Waals surface area (Å²) in [6.07, 6.45) is 0. The van der Waals surface area contributed by atoms with Crippen LogP contribution in [0.4, 0.5) is 0 Å². The molecule has 1 aliphatic rings. The van der Waals surface area contributed by atoms with Crippen LogP contribution in [0.3, 0.4) is 0 Å². The normalized spacial score (nSPS) is 32.1. The molecular weight excluding hydrogens is 130 g/mol. The van der Waals surface area contributed by atoms with E-state index in [-0.39, 0.29) is 12.0 Å². The standard InChI is InChI=1S/C6H13N3O/c1-4-2-10-3-5(4)9-6(7)8/h4-5H,2-3H2,1H3,(H4,7,8,9). The van der Waals surface area contributed by atoms with E-state index in [1.165, 1.54) is 0 Å². The number of nitrogens with one attached hydrogen (secondary N) is 2. The first-order valence-electron chi connectivity index (χ1n) is 3.38. The van der Waals surface area contributed by atoms with Crippen LogP contribution in [0.15, 0.2) is 0 Å². The first kappa shape index (κ1) is 7.34. The number of ether oxygens (including phenoxy) is 1. The minimum atomic E-state index is 0.0300. The lowest BCUT2D eigenvalue weighted by molar-refractivity contribution is 0.185. The largest absolute Gasteiger partial charge is 0.379 e. The molecule has 58 valence electrons. The molecule has 1 heterocycles. The number of guanidine groups is 1. The van der Waals surface area contributed by atoms with Crippen LogP contribution in [0.25, 0.3) is 0 Å². The Balaban J connectivity index is 2.33. The molecule has 1 rings (SSSR count). The summed E-state index contributed by atoms with van der Waals surface area (Å²) in [6.45, 7) is 3.51. The Bertz CT molecular complexity index is 137. The van der Waals surface area contributed by atoms with Crippen molar-refractivity contribution in [2.24, 2.45) is 11.7 Å². The third kappa shape index (κ3) is 1.60. The van der Waals surface area contributed by atoms with Crippen molar-refractivity contribution in [1.29, 1.82) is 5.41 Å². The van der Waals surface area contributed by atoms with Crippen molar-refractivity contribution in [3.63, 3.8) is 0 Å². The molecule has 0 aromatic carbocycles. The van der Waals surface area contributed by atoms with Crippen LogP contribution in [-0.4, -0.2) is 25.2 Å². The zero-order chi connectivity index (χ0) is 7.56. The van der Waals surface area contributed by atoms with Crippen LogP contribution in [0.2, 0.25) is 0 Å². The lowest BCUT2D eigenvalue weighted by Gasteiger charge is -2.14. The molecular formula is C6H13N3O. The van der Waals surface area contributed by atoms with Gasteiger partial charge in [0.25, 0.3) is 0 Å². The van der Waals surface area contributed by atoms with E-state index in [0.29, 0.717) is 12.5 Å². The van der Waals surface area contributed by atoms with E-state index in [9.17, 15) is 0 Å². The van der Waals surface area contributed by atoms with Crippen molar-refractivity contribution in [2.45, 2.75) is 13.0 Å². The van der Waals surface area contributed by atoms with Gasteiger partial charge in [-0.05, 0) is 0 Å². The summed E-state index contributed by atoms with van der Waals surface area (Å²) in [7, 11) is 0. The Kier molecular flexibility index (Phi) is 2.11. The summed E-state index contributed by atoms with van der Waals surface area (Å²) in [5.41, 5.74) is 5.15. The van der Waals surface area contributed by atoms with E-state index >= 15 is 0 Å². The second-order valence-electron chi connectivity index (χ2n) is 2.68. The van der Waals surface area contributed by atoms with Gasteiger partial charge in [-0.3, -0.25) is 5.41 Å².